The van der Waals surface area contributed by atoms with Gasteiger partial charge in [-0.2, -0.15) is 0 Å². The fourth-order valence-electron chi connectivity index (χ4n) is 1.42. The number of carbonyl (C=O) groups excluding carboxylic acids is 1. The van der Waals surface area contributed by atoms with E-state index in [4.69, 9.17) is 5.11 Å². The molecule has 1 aromatic rings. The Bertz CT molecular complexity index is 375. The molecule has 0 aliphatic rings. The van der Waals surface area contributed by atoms with Crippen molar-refractivity contribution in [1.29, 1.82) is 0 Å². The lowest BCUT2D eigenvalue weighted by molar-refractivity contribution is -0.114. The Morgan fingerprint density at radius 1 is 1.50 bits per heavy atom. The number of aromatic hydroxyl groups is 1. The fourth-order valence-corrected chi connectivity index (χ4v) is 1.42. The lowest BCUT2D eigenvalue weighted by Gasteiger charge is -2.21. The van der Waals surface area contributed by atoms with E-state index in [1.54, 1.807) is 17.0 Å². The van der Waals surface area contributed by atoms with E-state index < -0.39 is 0 Å². The third kappa shape index (κ3) is 2.87. The van der Waals surface area contributed by atoms with Crippen molar-refractivity contribution in [2.75, 3.05) is 23.5 Å². The van der Waals surface area contributed by atoms with Gasteiger partial charge in [0.05, 0.1) is 5.69 Å². The molecule has 1 aromatic carbocycles. The molecule has 88 valence electrons. The van der Waals surface area contributed by atoms with Crippen LogP contribution >= 0.6 is 0 Å². The summed E-state index contributed by atoms with van der Waals surface area (Å²) in [6.45, 7) is 3.70. The van der Waals surface area contributed by atoms with Gasteiger partial charge >= 0.3 is 0 Å². The number of phenols is 1. The average Bonchev–Trinajstić information content (AvgIpc) is 2.21. The van der Waals surface area contributed by atoms with Crippen molar-refractivity contribution in [2.24, 2.45) is 0 Å². The number of amides is 1. The van der Waals surface area contributed by atoms with Gasteiger partial charge in [-0.15, -0.1) is 0 Å². The summed E-state index contributed by atoms with van der Waals surface area (Å²) in [6.07, 6.45) is 0. The van der Waals surface area contributed by atoms with E-state index >= 15 is 0 Å². The number of nitrogens with one attached hydrogen (secondary N) is 1. The highest BCUT2D eigenvalue weighted by atomic mass is 16.3. The van der Waals surface area contributed by atoms with Gasteiger partial charge in [0.2, 0.25) is 5.91 Å². The molecule has 16 heavy (non-hydrogen) atoms. The van der Waals surface area contributed by atoms with E-state index in [0.717, 1.165) is 0 Å². The molecule has 1 amide bonds. The summed E-state index contributed by atoms with van der Waals surface area (Å²) in [7, 11) is 0. The third-order valence-electron chi connectivity index (χ3n) is 2.19. The van der Waals surface area contributed by atoms with Gasteiger partial charge in [-0.25, -0.2) is 0 Å². The number of carbonyl (C=O) groups is 1. The van der Waals surface area contributed by atoms with Crippen LogP contribution in [0.5, 0.6) is 5.75 Å². The Morgan fingerprint density at radius 2 is 2.19 bits per heavy atom. The molecule has 5 heteroatoms. The van der Waals surface area contributed by atoms with Gasteiger partial charge in [-0.05, 0) is 19.1 Å². The summed E-state index contributed by atoms with van der Waals surface area (Å²) in [6, 6.07) is 4.78. The predicted molar refractivity (Wildman–Crippen MR) is 62.5 cm³/mol. The van der Waals surface area contributed by atoms with Crippen molar-refractivity contribution >= 4 is 17.3 Å². The maximum absolute atomic E-state index is 10.8. The molecule has 0 radical (unpaired) electrons. The molecule has 0 saturated carbocycles. The van der Waals surface area contributed by atoms with Crippen molar-refractivity contribution < 1.29 is 15.0 Å². The Labute approximate surface area is 94.3 Å². The number of benzene rings is 1. The van der Waals surface area contributed by atoms with Crippen LogP contribution in [0.2, 0.25) is 0 Å². The number of phenolic OH excluding ortho intramolecular Hbond substituents is 1. The molecule has 0 atom stereocenters. The Kier molecular flexibility index (Phi) is 4.13. The summed E-state index contributed by atoms with van der Waals surface area (Å²) in [5.41, 5.74) is 1.07. The first-order valence-electron chi connectivity index (χ1n) is 5.05. The highest BCUT2D eigenvalue weighted by Crippen LogP contribution is 2.29. The van der Waals surface area contributed by atoms with Crippen molar-refractivity contribution in [2.45, 2.75) is 13.8 Å². The zero-order valence-electron chi connectivity index (χ0n) is 9.40. The quantitative estimate of drug-likeness (QED) is 0.670. The van der Waals surface area contributed by atoms with Gasteiger partial charge in [0.25, 0.3) is 0 Å². The van der Waals surface area contributed by atoms with Gasteiger partial charge in [-0.3, -0.25) is 4.79 Å². The normalized spacial score (nSPS) is 9.94. The third-order valence-corrected chi connectivity index (χ3v) is 2.19. The zero-order chi connectivity index (χ0) is 12.1. The van der Waals surface area contributed by atoms with Crippen LogP contribution in [0.4, 0.5) is 11.4 Å². The largest absolute Gasteiger partial charge is 0.506 e. The van der Waals surface area contributed by atoms with E-state index in [1.165, 1.54) is 13.0 Å². The Morgan fingerprint density at radius 3 is 2.62 bits per heavy atom. The highest BCUT2D eigenvalue weighted by molar-refractivity contribution is 5.89. The SMILES string of the molecule is CCN(CO)c1ccc(NC(C)=O)cc1O. The predicted octanol–water partition coefficient (Wildman–Crippen LogP) is 1.13. The molecular weight excluding hydrogens is 208 g/mol. The minimum absolute atomic E-state index is 0.0298. The monoisotopic (exact) mass is 224 g/mol. The molecule has 0 unspecified atom stereocenters. The molecular formula is C11H16N2O3. The van der Waals surface area contributed by atoms with E-state index in [0.29, 0.717) is 17.9 Å². The maximum Gasteiger partial charge on any atom is 0.221 e. The first-order chi connectivity index (χ1) is 7.58. The summed E-state index contributed by atoms with van der Waals surface area (Å²) in [5.74, 6) is -0.163. The smallest absolute Gasteiger partial charge is 0.221 e. The number of anilines is 2. The van der Waals surface area contributed by atoms with Gasteiger partial charge in [0.15, 0.2) is 0 Å². The second-order valence-electron chi connectivity index (χ2n) is 3.38. The van der Waals surface area contributed by atoms with Crippen LogP contribution in [-0.4, -0.2) is 29.4 Å². The van der Waals surface area contributed by atoms with Crippen LogP contribution in [0.3, 0.4) is 0 Å². The average molecular weight is 224 g/mol. The van der Waals surface area contributed by atoms with Crippen molar-refractivity contribution in [3.05, 3.63) is 18.2 Å². The van der Waals surface area contributed by atoms with Crippen LogP contribution in [0.1, 0.15) is 13.8 Å². The lowest BCUT2D eigenvalue weighted by Crippen LogP contribution is -2.23. The number of hydrogen-bond donors (Lipinski definition) is 3. The first kappa shape index (κ1) is 12.3. The number of rotatable bonds is 4. The minimum atomic E-state index is -0.193. The first-order valence-corrected chi connectivity index (χ1v) is 5.05. The van der Waals surface area contributed by atoms with Crippen molar-refractivity contribution in [3.63, 3.8) is 0 Å². The standard InChI is InChI=1S/C11H16N2O3/c1-3-13(7-14)10-5-4-9(6-11(10)16)12-8(2)15/h4-6,14,16H,3,7H2,1-2H3,(H,12,15). The topological polar surface area (TPSA) is 72.8 Å². The molecule has 0 aliphatic carbocycles. The molecule has 0 spiro atoms. The van der Waals surface area contributed by atoms with Gasteiger partial charge in [0, 0.05) is 25.2 Å². The molecule has 0 saturated heterocycles. The number of aliphatic hydroxyl groups is 1. The molecule has 0 fully saturated rings. The number of nitrogens with zero attached hydrogens (tertiary/aromatic N) is 1. The van der Waals surface area contributed by atoms with Crippen LogP contribution in [-0.2, 0) is 4.79 Å². The molecule has 0 heterocycles. The van der Waals surface area contributed by atoms with Crippen molar-refractivity contribution in [3.8, 4) is 5.75 Å². The highest BCUT2D eigenvalue weighted by Gasteiger charge is 2.09. The fraction of sp³-hybridized carbons (Fsp3) is 0.364. The Balaban J connectivity index is 2.94. The van der Waals surface area contributed by atoms with Crippen LogP contribution in [0.15, 0.2) is 18.2 Å². The summed E-state index contributed by atoms with van der Waals surface area (Å²) >= 11 is 0. The minimum Gasteiger partial charge on any atom is -0.506 e. The Hall–Kier alpha value is -1.75. The van der Waals surface area contributed by atoms with Gasteiger partial charge in [-0.1, -0.05) is 0 Å². The molecule has 1 rings (SSSR count). The van der Waals surface area contributed by atoms with Crippen LogP contribution in [0.25, 0.3) is 0 Å². The second-order valence-corrected chi connectivity index (χ2v) is 3.38. The van der Waals surface area contributed by atoms with Crippen molar-refractivity contribution in [1.82, 2.24) is 0 Å². The zero-order valence-corrected chi connectivity index (χ0v) is 9.40. The molecule has 0 aliphatic heterocycles. The molecule has 0 bridgehead atoms. The van der Waals surface area contributed by atoms with Gasteiger partial charge in [0.1, 0.15) is 12.5 Å². The molecule has 0 aromatic heterocycles. The number of aliphatic hydroxyl groups excluding tert-OH is 1. The van der Waals surface area contributed by atoms with E-state index in [-0.39, 0.29) is 18.4 Å². The summed E-state index contributed by atoms with van der Waals surface area (Å²) in [5, 5.41) is 21.4. The van der Waals surface area contributed by atoms with E-state index in [1.807, 2.05) is 6.92 Å². The summed E-state index contributed by atoms with van der Waals surface area (Å²) in [4.78, 5) is 12.4. The molecule has 3 N–H and O–H groups in total. The van der Waals surface area contributed by atoms with Crippen LogP contribution in [0, 0.1) is 0 Å². The van der Waals surface area contributed by atoms with Crippen LogP contribution < -0.4 is 10.2 Å². The van der Waals surface area contributed by atoms with Gasteiger partial charge < -0.3 is 20.4 Å². The maximum atomic E-state index is 10.8. The number of hydrogen-bond acceptors (Lipinski definition) is 4. The lowest BCUT2D eigenvalue weighted by atomic mass is 10.2. The molecule has 5 nitrogen and oxygen atoms in total. The second kappa shape index (κ2) is 5.37. The van der Waals surface area contributed by atoms with E-state index in [2.05, 4.69) is 5.32 Å². The summed E-state index contributed by atoms with van der Waals surface area (Å²) < 4.78 is 0. The van der Waals surface area contributed by atoms with E-state index in [9.17, 15) is 9.90 Å².